The van der Waals surface area contributed by atoms with Crippen LogP contribution in [0.2, 0.25) is 0 Å². The van der Waals surface area contributed by atoms with Gasteiger partial charge in [0.15, 0.2) is 17.3 Å². The van der Waals surface area contributed by atoms with Gasteiger partial charge in [-0.1, -0.05) is 31.1 Å². The van der Waals surface area contributed by atoms with Gasteiger partial charge in [0, 0.05) is 12.5 Å². The molecule has 0 bridgehead atoms. The number of methoxy groups -OCH3 is 2. The van der Waals surface area contributed by atoms with Gasteiger partial charge in [0.05, 0.1) is 26.5 Å². The monoisotopic (exact) mass is 332 g/mol. The minimum absolute atomic E-state index is 0.0534. The van der Waals surface area contributed by atoms with Gasteiger partial charge in [-0.3, -0.25) is 4.79 Å². The number of aryl methyl sites for hydroxylation is 1. The van der Waals surface area contributed by atoms with Gasteiger partial charge in [-0.2, -0.15) is 0 Å². The number of aromatic nitrogens is 1. The Hall–Kier alpha value is -2.50. The number of amides is 1. The van der Waals surface area contributed by atoms with Crippen molar-refractivity contribution in [2.75, 3.05) is 14.2 Å². The number of ether oxygens (including phenoxy) is 2. The average molecular weight is 332 g/mol. The number of benzene rings is 1. The molecule has 0 aliphatic carbocycles. The predicted molar refractivity (Wildman–Crippen MR) is 90.3 cm³/mol. The Morgan fingerprint density at radius 3 is 2.71 bits per heavy atom. The summed E-state index contributed by atoms with van der Waals surface area (Å²) < 4.78 is 15.8. The molecular formula is C18H24N2O4. The minimum Gasteiger partial charge on any atom is -0.493 e. The standard InChI is InChI=1S/C18H24N2O4/c1-12(2)15-10-14(24-20-15)11-19-17(21)9-8-13-6-5-7-16(22-3)18(13)23-4/h5-7,10,12H,8-9,11H2,1-4H3,(H,19,21). The Balaban J connectivity index is 1.87. The highest BCUT2D eigenvalue weighted by Crippen LogP contribution is 2.31. The molecule has 1 aromatic carbocycles. The van der Waals surface area contributed by atoms with E-state index in [1.165, 1.54) is 0 Å². The molecular weight excluding hydrogens is 308 g/mol. The molecule has 0 unspecified atom stereocenters. The van der Waals surface area contributed by atoms with Crippen LogP contribution in [0.25, 0.3) is 0 Å². The van der Waals surface area contributed by atoms with Crippen LogP contribution in [0.4, 0.5) is 0 Å². The Morgan fingerprint density at radius 2 is 2.08 bits per heavy atom. The zero-order valence-electron chi connectivity index (χ0n) is 14.6. The molecule has 2 aromatic rings. The van der Waals surface area contributed by atoms with E-state index in [0.717, 1.165) is 11.3 Å². The summed E-state index contributed by atoms with van der Waals surface area (Å²) in [4.78, 5) is 12.0. The van der Waals surface area contributed by atoms with Gasteiger partial charge < -0.3 is 19.3 Å². The van der Waals surface area contributed by atoms with Gasteiger partial charge in [-0.15, -0.1) is 0 Å². The highest BCUT2D eigenvalue weighted by Gasteiger charge is 2.12. The van der Waals surface area contributed by atoms with Crippen LogP contribution in [0.1, 0.15) is 43.2 Å². The summed E-state index contributed by atoms with van der Waals surface area (Å²) in [5.74, 6) is 2.25. The van der Waals surface area contributed by atoms with Crippen molar-refractivity contribution < 1.29 is 18.8 Å². The van der Waals surface area contributed by atoms with Gasteiger partial charge in [-0.05, 0) is 24.0 Å². The maximum absolute atomic E-state index is 12.0. The molecule has 6 nitrogen and oxygen atoms in total. The number of carbonyl (C=O) groups is 1. The third-order valence-electron chi connectivity index (χ3n) is 3.73. The molecule has 1 amide bonds. The third-order valence-corrected chi connectivity index (χ3v) is 3.73. The first-order valence-electron chi connectivity index (χ1n) is 7.97. The lowest BCUT2D eigenvalue weighted by molar-refractivity contribution is -0.121. The first-order valence-corrected chi connectivity index (χ1v) is 7.97. The maximum atomic E-state index is 12.0. The van der Waals surface area contributed by atoms with Crippen LogP contribution in [0.3, 0.4) is 0 Å². The van der Waals surface area contributed by atoms with E-state index >= 15 is 0 Å². The molecule has 6 heteroatoms. The van der Waals surface area contributed by atoms with Crippen molar-refractivity contribution in [3.8, 4) is 11.5 Å². The fourth-order valence-electron chi connectivity index (χ4n) is 2.36. The van der Waals surface area contributed by atoms with Crippen molar-refractivity contribution in [3.63, 3.8) is 0 Å². The van der Waals surface area contributed by atoms with Crippen molar-refractivity contribution in [2.45, 2.75) is 39.2 Å². The molecule has 0 fully saturated rings. The Labute approximate surface area is 142 Å². The molecule has 0 spiro atoms. The maximum Gasteiger partial charge on any atom is 0.220 e. The average Bonchev–Trinajstić information content (AvgIpc) is 3.06. The number of nitrogens with zero attached hydrogens (tertiary/aromatic N) is 1. The van der Waals surface area contributed by atoms with Gasteiger partial charge in [-0.25, -0.2) is 0 Å². The second-order valence-corrected chi connectivity index (χ2v) is 5.80. The largest absolute Gasteiger partial charge is 0.493 e. The Bertz CT molecular complexity index is 679. The highest BCUT2D eigenvalue weighted by atomic mass is 16.5. The van der Waals surface area contributed by atoms with Crippen molar-refractivity contribution in [2.24, 2.45) is 0 Å². The lowest BCUT2D eigenvalue weighted by Gasteiger charge is -2.12. The lowest BCUT2D eigenvalue weighted by Crippen LogP contribution is -2.22. The Kier molecular flexibility index (Phi) is 6.23. The number of para-hydroxylation sites is 1. The molecule has 1 N–H and O–H groups in total. The van der Waals surface area contributed by atoms with Gasteiger partial charge in [0.25, 0.3) is 0 Å². The van der Waals surface area contributed by atoms with Crippen LogP contribution in [0.15, 0.2) is 28.8 Å². The molecule has 0 atom stereocenters. The molecule has 0 aliphatic rings. The normalized spacial score (nSPS) is 10.7. The number of rotatable bonds is 8. The fraction of sp³-hybridized carbons (Fsp3) is 0.444. The number of nitrogens with one attached hydrogen (secondary N) is 1. The van der Waals surface area contributed by atoms with Crippen LogP contribution < -0.4 is 14.8 Å². The van der Waals surface area contributed by atoms with E-state index in [-0.39, 0.29) is 5.91 Å². The first-order chi connectivity index (χ1) is 11.5. The smallest absolute Gasteiger partial charge is 0.220 e. The van der Waals surface area contributed by atoms with E-state index < -0.39 is 0 Å². The second-order valence-electron chi connectivity index (χ2n) is 5.80. The predicted octanol–water partition coefficient (Wildman–Crippen LogP) is 3.06. The number of hydrogen-bond acceptors (Lipinski definition) is 5. The van der Waals surface area contributed by atoms with E-state index in [2.05, 4.69) is 10.5 Å². The summed E-state index contributed by atoms with van der Waals surface area (Å²) in [7, 11) is 3.19. The van der Waals surface area contributed by atoms with E-state index in [1.54, 1.807) is 14.2 Å². The van der Waals surface area contributed by atoms with Crippen LogP contribution in [-0.4, -0.2) is 25.3 Å². The van der Waals surface area contributed by atoms with Crippen molar-refractivity contribution >= 4 is 5.91 Å². The minimum atomic E-state index is -0.0534. The number of hydrogen-bond donors (Lipinski definition) is 1. The fourth-order valence-corrected chi connectivity index (χ4v) is 2.36. The lowest BCUT2D eigenvalue weighted by atomic mass is 10.1. The molecule has 0 aliphatic heterocycles. The van der Waals surface area contributed by atoms with Gasteiger partial charge in [0.2, 0.25) is 5.91 Å². The van der Waals surface area contributed by atoms with Crippen LogP contribution in [0.5, 0.6) is 11.5 Å². The summed E-state index contributed by atoms with van der Waals surface area (Å²) in [5.41, 5.74) is 1.83. The molecule has 1 aromatic heterocycles. The molecule has 24 heavy (non-hydrogen) atoms. The quantitative estimate of drug-likeness (QED) is 0.804. The first kappa shape index (κ1) is 17.8. The van der Waals surface area contributed by atoms with E-state index in [1.807, 2.05) is 38.1 Å². The molecule has 1 heterocycles. The summed E-state index contributed by atoms with van der Waals surface area (Å²) in [6.07, 6.45) is 0.925. The van der Waals surface area contributed by atoms with Crippen molar-refractivity contribution in [1.82, 2.24) is 10.5 Å². The number of carbonyl (C=O) groups excluding carboxylic acids is 1. The summed E-state index contributed by atoms with van der Waals surface area (Å²) in [5, 5.41) is 6.82. The third kappa shape index (κ3) is 4.50. The molecule has 2 rings (SSSR count). The van der Waals surface area contributed by atoms with Gasteiger partial charge >= 0.3 is 0 Å². The molecule has 0 saturated heterocycles. The zero-order chi connectivity index (χ0) is 17.5. The van der Waals surface area contributed by atoms with E-state index in [9.17, 15) is 4.79 Å². The SMILES string of the molecule is COc1cccc(CCC(=O)NCc2cc(C(C)C)no2)c1OC. The Morgan fingerprint density at radius 1 is 1.29 bits per heavy atom. The molecule has 0 radical (unpaired) electrons. The second kappa shape index (κ2) is 8.38. The van der Waals surface area contributed by atoms with Crippen LogP contribution in [0, 0.1) is 0 Å². The van der Waals surface area contributed by atoms with Gasteiger partial charge in [0.1, 0.15) is 0 Å². The summed E-state index contributed by atoms with van der Waals surface area (Å²) in [6, 6.07) is 7.52. The zero-order valence-corrected chi connectivity index (χ0v) is 14.6. The van der Waals surface area contributed by atoms with Crippen LogP contribution in [-0.2, 0) is 17.8 Å². The molecule has 130 valence electrons. The highest BCUT2D eigenvalue weighted by molar-refractivity contribution is 5.76. The topological polar surface area (TPSA) is 73.6 Å². The summed E-state index contributed by atoms with van der Waals surface area (Å²) >= 11 is 0. The van der Waals surface area contributed by atoms with Crippen molar-refractivity contribution in [3.05, 3.63) is 41.3 Å². The van der Waals surface area contributed by atoms with E-state index in [4.69, 9.17) is 14.0 Å². The van der Waals surface area contributed by atoms with E-state index in [0.29, 0.717) is 42.6 Å². The van der Waals surface area contributed by atoms with Crippen molar-refractivity contribution in [1.29, 1.82) is 0 Å². The molecule has 0 saturated carbocycles. The van der Waals surface area contributed by atoms with Crippen LogP contribution >= 0.6 is 0 Å². The summed E-state index contributed by atoms with van der Waals surface area (Å²) in [6.45, 7) is 4.43.